The monoisotopic (exact) mass is 458 g/mol. The minimum Gasteiger partial charge on any atom is -0.311 e. The average molecular weight is 459 g/mol. The molecule has 1 aliphatic heterocycles. The summed E-state index contributed by atoms with van der Waals surface area (Å²) in [5.41, 5.74) is 4.07. The SMILES string of the molecule is CC(Sc1nnc(-c2ccc(F)cc2)n1Cc1ccccc1)C(=O)N1CCc2ccccc21. The van der Waals surface area contributed by atoms with E-state index in [-0.39, 0.29) is 17.0 Å². The number of rotatable bonds is 6. The van der Waals surface area contributed by atoms with Crippen molar-refractivity contribution >= 4 is 23.4 Å². The lowest BCUT2D eigenvalue weighted by atomic mass is 10.2. The third-order valence-electron chi connectivity index (χ3n) is 5.79. The van der Waals surface area contributed by atoms with Crippen LogP contribution in [0.5, 0.6) is 0 Å². The summed E-state index contributed by atoms with van der Waals surface area (Å²) in [4.78, 5) is 15.2. The van der Waals surface area contributed by atoms with Crippen molar-refractivity contribution in [1.29, 1.82) is 0 Å². The minimum absolute atomic E-state index is 0.0579. The van der Waals surface area contributed by atoms with Crippen molar-refractivity contribution < 1.29 is 9.18 Å². The van der Waals surface area contributed by atoms with Crippen LogP contribution in [-0.4, -0.2) is 32.5 Å². The van der Waals surface area contributed by atoms with Crippen molar-refractivity contribution in [3.8, 4) is 11.4 Å². The van der Waals surface area contributed by atoms with E-state index in [0.717, 1.165) is 23.2 Å². The summed E-state index contributed by atoms with van der Waals surface area (Å²) >= 11 is 1.40. The van der Waals surface area contributed by atoms with Gasteiger partial charge in [0.1, 0.15) is 5.82 Å². The number of hydrogen-bond donors (Lipinski definition) is 0. The number of halogens is 1. The molecular formula is C26H23FN4OS. The number of benzene rings is 3. The van der Waals surface area contributed by atoms with Crippen LogP contribution in [-0.2, 0) is 17.8 Å². The zero-order chi connectivity index (χ0) is 22.8. The average Bonchev–Trinajstić information content (AvgIpc) is 3.44. The molecule has 1 unspecified atom stereocenters. The highest BCUT2D eigenvalue weighted by molar-refractivity contribution is 8.00. The predicted molar refractivity (Wildman–Crippen MR) is 129 cm³/mol. The first-order chi connectivity index (χ1) is 16.1. The van der Waals surface area contributed by atoms with Gasteiger partial charge in [0.05, 0.1) is 11.8 Å². The number of carbonyl (C=O) groups is 1. The molecule has 0 bridgehead atoms. The zero-order valence-corrected chi connectivity index (χ0v) is 19.0. The van der Waals surface area contributed by atoms with Gasteiger partial charge in [-0.25, -0.2) is 4.39 Å². The summed E-state index contributed by atoms with van der Waals surface area (Å²) in [6.45, 7) is 3.16. The summed E-state index contributed by atoms with van der Waals surface area (Å²) in [6.07, 6.45) is 0.873. The molecule has 5 rings (SSSR count). The Morgan fingerprint density at radius 2 is 1.73 bits per heavy atom. The minimum atomic E-state index is -0.337. The topological polar surface area (TPSA) is 51.0 Å². The summed E-state index contributed by atoms with van der Waals surface area (Å²) in [6, 6.07) is 24.3. The molecule has 166 valence electrons. The van der Waals surface area contributed by atoms with Crippen molar-refractivity contribution in [2.75, 3.05) is 11.4 Å². The Morgan fingerprint density at radius 3 is 2.52 bits per heavy atom. The fourth-order valence-corrected chi connectivity index (χ4v) is 5.00. The normalized spacial score (nSPS) is 13.7. The number of carbonyl (C=O) groups excluding carboxylic acids is 1. The molecule has 5 nitrogen and oxygen atoms in total. The molecule has 0 spiro atoms. The largest absolute Gasteiger partial charge is 0.311 e. The molecule has 2 heterocycles. The van der Waals surface area contributed by atoms with Crippen LogP contribution < -0.4 is 4.90 Å². The summed E-state index contributed by atoms with van der Waals surface area (Å²) in [5, 5.41) is 9.14. The number of aromatic nitrogens is 3. The molecular weight excluding hydrogens is 435 g/mol. The molecule has 4 aromatic rings. The van der Waals surface area contributed by atoms with Crippen LogP contribution in [0.4, 0.5) is 10.1 Å². The number of thioether (sulfide) groups is 1. The fourth-order valence-electron chi connectivity index (χ4n) is 4.09. The molecule has 1 aromatic heterocycles. The van der Waals surface area contributed by atoms with Gasteiger partial charge in [-0.05, 0) is 54.8 Å². The highest BCUT2D eigenvalue weighted by Crippen LogP contribution is 2.32. The van der Waals surface area contributed by atoms with Gasteiger partial charge in [-0.1, -0.05) is 60.3 Å². The Labute approximate surface area is 196 Å². The first-order valence-corrected chi connectivity index (χ1v) is 11.8. The Balaban J connectivity index is 1.44. The van der Waals surface area contributed by atoms with E-state index in [1.54, 1.807) is 12.1 Å². The summed E-state index contributed by atoms with van der Waals surface area (Å²) < 4.78 is 15.5. The lowest BCUT2D eigenvalue weighted by molar-refractivity contribution is -0.117. The molecule has 0 N–H and O–H groups in total. The van der Waals surface area contributed by atoms with Gasteiger partial charge < -0.3 is 4.90 Å². The predicted octanol–water partition coefficient (Wildman–Crippen LogP) is 5.20. The molecule has 3 aromatic carbocycles. The number of hydrogen-bond acceptors (Lipinski definition) is 4. The second kappa shape index (κ2) is 9.19. The van der Waals surface area contributed by atoms with E-state index in [1.807, 2.05) is 64.9 Å². The number of amides is 1. The van der Waals surface area contributed by atoms with Crippen molar-refractivity contribution in [3.05, 3.63) is 95.8 Å². The first kappa shape index (κ1) is 21.4. The fraction of sp³-hybridized carbons (Fsp3) is 0.192. The molecule has 1 atom stereocenters. The van der Waals surface area contributed by atoms with E-state index in [0.29, 0.717) is 24.1 Å². The third kappa shape index (κ3) is 4.41. The Hall–Kier alpha value is -3.45. The van der Waals surface area contributed by atoms with Gasteiger partial charge in [-0.2, -0.15) is 0 Å². The Morgan fingerprint density at radius 1 is 1.00 bits per heavy atom. The van der Waals surface area contributed by atoms with Crippen LogP contribution in [0.15, 0.2) is 84.0 Å². The van der Waals surface area contributed by atoms with E-state index < -0.39 is 0 Å². The number of fused-ring (bicyclic) bond motifs is 1. The Kier molecular flexibility index (Phi) is 5.96. The van der Waals surface area contributed by atoms with E-state index in [1.165, 1.54) is 29.5 Å². The second-order valence-electron chi connectivity index (χ2n) is 8.01. The molecule has 33 heavy (non-hydrogen) atoms. The summed E-state index contributed by atoms with van der Waals surface area (Å²) in [7, 11) is 0. The molecule has 1 amide bonds. The second-order valence-corrected chi connectivity index (χ2v) is 9.32. The van der Waals surface area contributed by atoms with Crippen LogP contribution in [0.1, 0.15) is 18.1 Å². The van der Waals surface area contributed by atoms with Crippen LogP contribution >= 0.6 is 11.8 Å². The van der Waals surface area contributed by atoms with Crippen LogP contribution in [0.3, 0.4) is 0 Å². The maximum absolute atomic E-state index is 13.5. The highest BCUT2D eigenvalue weighted by atomic mass is 32.2. The van der Waals surface area contributed by atoms with Gasteiger partial charge in [-0.3, -0.25) is 9.36 Å². The van der Waals surface area contributed by atoms with Crippen LogP contribution in [0.25, 0.3) is 11.4 Å². The molecule has 1 aliphatic rings. The molecule has 0 saturated carbocycles. The van der Waals surface area contributed by atoms with Crippen molar-refractivity contribution in [1.82, 2.24) is 14.8 Å². The van der Waals surface area contributed by atoms with Crippen molar-refractivity contribution in [2.45, 2.75) is 30.3 Å². The molecule has 7 heteroatoms. The Bertz CT molecular complexity index is 1270. The lowest BCUT2D eigenvalue weighted by Gasteiger charge is -2.21. The maximum Gasteiger partial charge on any atom is 0.240 e. The number of anilines is 1. The van der Waals surface area contributed by atoms with E-state index in [2.05, 4.69) is 16.3 Å². The molecule has 0 fully saturated rings. The van der Waals surface area contributed by atoms with E-state index in [4.69, 9.17) is 0 Å². The third-order valence-corrected chi connectivity index (χ3v) is 6.85. The van der Waals surface area contributed by atoms with Crippen LogP contribution in [0, 0.1) is 5.82 Å². The molecule has 0 saturated heterocycles. The molecule has 0 aliphatic carbocycles. The molecule has 0 radical (unpaired) electrons. The van der Waals surface area contributed by atoms with Gasteiger partial charge in [-0.15, -0.1) is 10.2 Å². The number of para-hydroxylation sites is 1. The van der Waals surface area contributed by atoms with E-state index in [9.17, 15) is 9.18 Å². The van der Waals surface area contributed by atoms with E-state index >= 15 is 0 Å². The maximum atomic E-state index is 13.5. The van der Waals surface area contributed by atoms with Gasteiger partial charge in [0, 0.05) is 17.8 Å². The van der Waals surface area contributed by atoms with Gasteiger partial charge in [0.15, 0.2) is 11.0 Å². The van der Waals surface area contributed by atoms with Crippen molar-refractivity contribution in [2.24, 2.45) is 0 Å². The summed E-state index contributed by atoms with van der Waals surface area (Å²) in [5.74, 6) is 0.405. The standard InChI is InChI=1S/C26H23FN4OS/c1-18(25(32)30-16-15-20-9-5-6-10-23(20)30)33-26-29-28-24(21-11-13-22(27)14-12-21)31(26)17-19-7-3-2-4-8-19/h2-14,18H,15-17H2,1H3. The van der Waals surface area contributed by atoms with Gasteiger partial charge >= 0.3 is 0 Å². The highest BCUT2D eigenvalue weighted by Gasteiger charge is 2.29. The van der Waals surface area contributed by atoms with Crippen LogP contribution in [0.2, 0.25) is 0 Å². The smallest absolute Gasteiger partial charge is 0.240 e. The quantitative estimate of drug-likeness (QED) is 0.373. The van der Waals surface area contributed by atoms with Gasteiger partial charge in [0.2, 0.25) is 5.91 Å². The first-order valence-electron chi connectivity index (χ1n) is 10.9. The number of nitrogens with zero attached hydrogens (tertiary/aromatic N) is 4. The lowest BCUT2D eigenvalue weighted by Crippen LogP contribution is -2.35. The van der Waals surface area contributed by atoms with Crippen molar-refractivity contribution in [3.63, 3.8) is 0 Å². The zero-order valence-electron chi connectivity index (χ0n) is 18.2. The van der Waals surface area contributed by atoms with Gasteiger partial charge in [0.25, 0.3) is 0 Å².